The zero-order valence-electron chi connectivity index (χ0n) is 7.21. The number of aryl methyl sites for hydroxylation is 1. The molecule has 2 nitrogen and oxygen atoms in total. The molecule has 0 spiro atoms. The van der Waals surface area contributed by atoms with Gasteiger partial charge in [0.1, 0.15) is 0 Å². The summed E-state index contributed by atoms with van der Waals surface area (Å²) in [5.74, 6) is 0. The predicted molar refractivity (Wildman–Crippen MR) is 52.1 cm³/mol. The summed E-state index contributed by atoms with van der Waals surface area (Å²) in [6, 6.07) is 6.02. The SMILES string of the molecule is Cc1cc(Br)ccc1CN(C)O. The van der Waals surface area contributed by atoms with Crippen LogP contribution in [-0.2, 0) is 6.54 Å². The van der Waals surface area contributed by atoms with Crippen LogP contribution in [0.2, 0.25) is 0 Å². The van der Waals surface area contributed by atoms with Crippen LogP contribution in [0.5, 0.6) is 0 Å². The Kier molecular flexibility index (Phi) is 3.26. The molecule has 1 aromatic rings. The first-order chi connectivity index (χ1) is 5.59. The molecule has 0 saturated carbocycles. The second-order valence-corrected chi connectivity index (χ2v) is 3.80. The molecule has 66 valence electrons. The molecule has 1 N–H and O–H groups in total. The lowest BCUT2D eigenvalue weighted by Gasteiger charge is -2.10. The monoisotopic (exact) mass is 229 g/mol. The second-order valence-electron chi connectivity index (χ2n) is 2.89. The van der Waals surface area contributed by atoms with Crippen molar-refractivity contribution in [2.45, 2.75) is 13.5 Å². The molecule has 1 rings (SSSR count). The van der Waals surface area contributed by atoms with Gasteiger partial charge in [-0.15, -0.1) is 0 Å². The van der Waals surface area contributed by atoms with E-state index in [0.29, 0.717) is 6.54 Å². The first-order valence-electron chi connectivity index (χ1n) is 3.74. The van der Waals surface area contributed by atoms with Crippen molar-refractivity contribution in [3.63, 3.8) is 0 Å². The van der Waals surface area contributed by atoms with Crippen molar-refractivity contribution >= 4 is 15.9 Å². The molecule has 0 aliphatic heterocycles. The van der Waals surface area contributed by atoms with Crippen LogP contribution in [0.25, 0.3) is 0 Å². The summed E-state index contributed by atoms with van der Waals surface area (Å²) >= 11 is 3.39. The van der Waals surface area contributed by atoms with Crippen LogP contribution < -0.4 is 0 Å². The molecule has 0 bridgehead atoms. The first-order valence-corrected chi connectivity index (χ1v) is 4.54. The molecule has 0 unspecified atom stereocenters. The molecule has 0 amide bonds. The molecule has 3 heteroatoms. The molecular formula is C9H12BrNO. The summed E-state index contributed by atoms with van der Waals surface area (Å²) in [6.07, 6.45) is 0. The van der Waals surface area contributed by atoms with Crippen LogP contribution in [0, 0.1) is 6.92 Å². The number of hydroxylamine groups is 2. The number of rotatable bonds is 2. The number of halogens is 1. The minimum Gasteiger partial charge on any atom is -0.314 e. The van der Waals surface area contributed by atoms with Crippen molar-refractivity contribution in [1.82, 2.24) is 5.06 Å². The molecular weight excluding hydrogens is 218 g/mol. The molecule has 0 aliphatic carbocycles. The van der Waals surface area contributed by atoms with Gasteiger partial charge >= 0.3 is 0 Å². The van der Waals surface area contributed by atoms with E-state index >= 15 is 0 Å². The zero-order valence-corrected chi connectivity index (χ0v) is 8.80. The highest BCUT2D eigenvalue weighted by atomic mass is 79.9. The van der Waals surface area contributed by atoms with Crippen LogP contribution in [-0.4, -0.2) is 17.3 Å². The van der Waals surface area contributed by atoms with Gasteiger partial charge in [0.05, 0.1) is 0 Å². The van der Waals surface area contributed by atoms with E-state index in [1.54, 1.807) is 7.05 Å². The number of nitrogens with zero attached hydrogens (tertiary/aromatic N) is 1. The minimum atomic E-state index is 0.569. The van der Waals surface area contributed by atoms with Gasteiger partial charge in [-0.3, -0.25) is 0 Å². The lowest BCUT2D eigenvalue weighted by molar-refractivity contribution is -0.0732. The van der Waals surface area contributed by atoms with Crippen LogP contribution in [0.1, 0.15) is 11.1 Å². The minimum absolute atomic E-state index is 0.569. The van der Waals surface area contributed by atoms with E-state index in [1.165, 1.54) is 10.6 Å². The van der Waals surface area contributed by atoms with Gasteiger partial charge in [-0.25, -0.2) is 0 Å². The summed E-state index contributed by atoms with van der Waals surface area (Å²) in [5.41, 5.74) is 2.33. The molecule has 12 heavy (non-hydrogen) atoms. The number of hydrogen-bond acceptors (Lipinski definition) is 2. The van der Waals surface area contributed by atoms with E-state index in [4.69, 9.17) is 5.21 Å². The normalized spacial score (nSPS) is 10.8. The Morgan fingerprint density at radius 1 is 1.50 bits per heavy atom. The maximum Gasteiger partial charge on any atom is 0.0488 e. The van der Waals surface area contributed by atoms with Crippen molar-refractivity contribution in [3.05, 3.63) is 33.8 Å². The third kappa shape index (κ3) is 2.59. The highest BCUT2D eigenvalue weighted by Crippen LogP contribution is 2.16. The molecule has 0 radical (unpaired) electrons. The third-order valence-electron chi connectivity index (χ3n) is 1.70. The van der Waals surface area contributed by atoms with E-state index < -0.39 is 0 Å². The lowest BCUT2D eigenvalue weighted by atomic mass is 10.1. The van der Waals surface area contributed by atoms with Crippen molar-refractivity contribution in [1.29, 1.82) is 0 Å². The van der Waals surface area contributed by atoms with Crippen molar-refractivity contribution < 1.29 is 5.21 Å². The van der Waals surface area contributed by atoms with Gasteiger partial charge in [0.2, 0.25) is 0 Å². The van der Waals surface area contributed by atoms with Gasteiger partial charge in [0.15, 0.2) is 0 Å². The average molecular weight is 230 g/mol. The molecule has 0 aromatic heterocycles. The Morgan fingerprint density at radius 3 is 2.67 bits per heavy atom. The second kappa shape index (κ2) is 4.03. The zero-order chi connectivity index (χ0) is 9.14. The van der Waals surface area contributed by atoms with Crippen LogP contribution >= 0.6 is 15.9 Å². The largest absolute Gasteiger partial charge is 0.314 e. The first kappa shape index (κ1) is 9.71. The summed E-state index contributed by atoms with van der Waals surface area (Å²) in [4.78, 5) is 0. The summed E-state index contributed by atoms with van der Waals surface area (Å²) < 4.78 is 1.07. The highest BCUT2D eigenvalue weighted by molar-refractivity contribution is 9.10. The maximum absolute atomic E-state index is 9.02. The fourth-order valence-corrected chi connectivity index (χ4v) is 1.56. The molecule has 0 atom stereocenters. The Balaban J connectivity index is 2.86. The summed E-state index contributed by atoms with van der Waals surface area (Å²) in [7, 11) is 1.64. The smallest absolute Gasteiger partial charge is 0.0488 e. The van der Waals surface area contributed by atoms with Gasteiger partial charge in [-0.2, -0.15) is 5.06 Å². The van der Waals surface area contributed by atoms with Crippen LogP contribution in [0.3, 0.4) is 0 Å². The molecule has 0 fully saturated rings. The van der Waals surface area contributed by atoms with Gasteiger partial charge in [0.25, 0.3) is 0 Å². The van der Waals surface area contributed by atoms with Crippen molar-refractivity contribution in [2.75, 3.05) is 7.05 Å². The topological polar surface area (TPSA) is 23.5 Å². The van der Waals surface area contributed by atoms with E-state index in [0.717, 1.165) is 10.0 Å². The predicted octanol–water partition coefficient (Wildman–Crippen LogP) is 2.58. The Labute approximate surface area is 80.9 Å². The molecule has 0 aliphatic rings. The third-order valence-corrected chi connectivity index (χ3v) is 2.20. The van der Waals surface area contributed by atoms with Gasteiger partial charge in [0, 0.05) is 18.1 Å². The van der Waals surface area contributed by atoms with Gasteiger partial charge < -0.3 is 5.21 Å². The Hall–Kier alpha value is -0.380. The van der Waals surface area contributed by atoms with Crippen molar-refractivity contribution in [3.8, 4) is 0 Å². The van der Waals surface area contributed by atoms with E-state index in [1.807, 2.05) is 25.1 Å². The van der Waals surface area contributed by atoms with Gasteiger partial charge in [-0.1, -0.05) is 22.0 Å². The Morgan fingerprint density at radius 2 is 2.17 bits per heavy atom. The molecule has 0 heterocycles. The van der Waals surface area contributed by atoms with E-state index in [2.05, 4.69) is 15.9 Å². The standard InChI is InChI=1S/C9H12BrNO/c1-7-5-9(10)4-3-8(7)6-11(2)12/h3-5,12H,6H2,1-2H3. The Bertz CT molecular complexity index is 273. The maximum atomic E-state index is 9.02. The van der Waals surface area contributed by atoms with Crippen molar-refractivity contribution in [2.24, 2.45) is 0 Å². The number of hydrogen-bond donors (Lipinski definition) is 1. The fourth-order valence-electron chi connectivity index (χ4n) is 1.08. The van der Waals surface area contributed by atoms with E-state index in [9.17, 15) is 0 Å². The number of benzene rings is 1. The quantitative estimate of drug-likeness (QED) is 0.789. The summed E-state index contributed by atoms with van der Waals surface area (Å²) in [5, 5.41) is 10.2. The van der Waals surface area contributed by atoms with Crippen LogP contribution in [0.4, 0.5) is 0 Å². The fraction of sp³-hybridized carbons (Fsp3) is 0.333. The lowest BCUT2D eigenvalue weighted by Crippen LogP contribution is -2.12. The summed E-state index contributed by atoms with van der Waals surface area (Å²) in [6.45, 7) is 2.60. The molecule has 1 aromatic carbocycles. The van der Waals surface area contributed by atoms with E-state index in [-0.39, 0.29) is 0 Å². The van der Waals surface area contributed by atoms with Gasteiger partial charge in [-0.05, 0) is 30.2 Å². The highest BCUT2D eigenvalue weighted by Gasteiger charge is 2.00. The van der Waals surface area contributed by atoms with Crippen LogP contribution in [0.15, 0.2) is 22.7 Å². The average Bonchev–Trinajstić information content (AvgIpc) is 1.94. The molecule has 0 saturated heterocycles.